The van der Waals surface area contributed by atoms with E-state index in [9.17, 15) is 5.11 Å². The van der Waals surface area contributed by atoms with Crippen molar-refractivity contribution in [2.75, 3.05) is 0 Å². The maximum absolute atomic E-state index is 10.3. The largest absolute Gasteiger partial charge is 0.488 e. The molecular formula is C19H25NO2. The number of hydrogen-bond acceptors (Lipinski definition) is 3. The molecule has 0 fully saturated rings. The summed E-state index contributed by atoms with van der Waals surface area (Å²) in [5.74, 6) is 0.806. The molecular weight excluding hydrogens is 274 g/mol. The number of rotatable bonds is 5. The Balaban J connectivity index is 2.01. The van der Waals surface area contributed by atoms with Crippen molar-refractivity contribution < 1.29 is 9.84 Å². The van der Waals surface area contributed by atoms with Crippen LogP contribution in [0.25, 0.3) is 0 Å². The Morgan fingerprint density at radius 1 is 1.00 bits per heavy atom. The molecule has 2 rings (SSSR count). The van der Waals surface area contributed by atoms with Gasteiger partial charge in [0.15, 0.2) is 0 Å². The third-order valence-corrected chi connectivity index (χ3v) is 3.39. The molecule has 3 nitrogen and oxygen atoms in total. The minimum absolute atomic E-state index is 0.226. The van der Waals surface area contributed by atoms with Gasteiger partial charge in [0.25, 0.3) is 0 Å². The fourth-order valence-electron chi connectivity index (χ4n) is 2.32. The number of aliphatic hydroxyl groups excluding tert-OH is 1. The highest BCUT2D eigenvalue weighted by atomic mass is 16.5. The Morgan fingerprint density at radius 2 is 1.59 bits per heavy atom. The summed E-state index contributed by atoms with van der Waals surface area (Å²) in [5, 5.41) is 10.3. The molecule has 2 aromatic carbocycles. The van der Waals surface area contributed by atoms with E-state index in [4.69, 9.17) is 10.5 Å². The number of aliphatic hydroxyl groups is 1. The molecule has 0 aromatic heterocycles. The monoisotopic (exact) mass is 299 g/mol. The highest BCUT2D eigenvalue weighted by Crippen LogP contribution is 2.23. The smallest absolute Gasteiger partial charge is 0.120 e. The van der Waals surface area contributed by atoms with Gasteiger partial charge in [-0.05, 0) is 44.0 Å². The zero-order chi connectivity index (χ0) is 16.2. The van der Waals surface area contributed by atoms with Crippen LogP contribution in [0.5, 0.6) is 5.75 Å². The standard InChI is InChI=1S/C19H25NO2/c1-19(2,3)22-16-11-9-15(10-12-16)18(20)17(21)13-14-7-5-4-6-8-14/h4-12,17-18,21H,13,20H2,1-3H3/t17-,18+/m1/s1. The van der Waals surface area contributed by atoms with E-state index < -0.39 is 12.1 Å². The molecule has 0 aliphatic rings. The summed E-state index contributed by atoms with van der Waals surface area (Å²) in [7, 11) is 0. The van der Waals surface area contributed by atoms with Crippen LogP contribution in [0.4, 0.5) is 0 Å². The molecule has 0 spiro atoms. The first-order chi connectivity index (χ1) is 10.3. The maximum Gasteiger partial charge on any atom is 0.120 e. The van der Waals surface area contributed by atoms with Crippen LogP contribution in [0.15, 0.2) is 54.6 Å². The van der Waals surface area contributed by atoms with E-state index in [2.05, 4.69) is 0 Å². The maximum atomic E-state index is 10.3. The third-order valence-electron chi connectivity index (χ3n) is 3.39. The Kier molecular flexibility index (Phi) is 5.22. The first-order valence-electron chi connectivity index (χ1n) is 7.62. The molecule has 0 saturated heterocycles. The van der Waals surface area contributed by atoms with Crippen molar-refractivity contribution in [1.29, 1.82) is 0 Å². The molecule has 3 heteroatoms. The van der Waals surface area contributed by atoms with Gasteiger partial charge >= 0.3 is 0 Å². The number of benzene rings is 2. The van der Waals surface area contributed by atoms with Gasteiger partial charge in [-0.1, -0.05) is 42.5 Å². The van der Waals surface area contributed by atoms with Crippen molar-refractivity contribution in [1.82, 2.24) is 0 Å². The average molecular weight is 299 g/mol. The molecule has 2 aromatic rings. The molecule has 22 heavy (non-hydrogen) atoms. The van der Waals surface area contributed by atoms with Crippen molar-refractivity contribution in [3.63, 3.8) is 0 Å². The molecule has 0 aliphatic heterocycles. The average Bonchev–Trinajstić information content (AvgIpc) is 2.46. The third kappa shape index (κ3) is 4.86. The van der Waals surface area contributed by atoms with Crippen molar-refractivity contribution in [2.45, 2.75) is 44.9 Å². The minimum atomic E-state index is -0.614. The lowest BCUT2D eigenvalue weighted by Gasteiger charge is -2.23. The lowest BCUT2D eigenvalue weighted by Crippen LogP contribution is -2.28. The van der Waals surface area contributed by atoms with E-state index in [0.29, 0.717) is 6.42 Å². The molecule has 3 N–H and O–H groups in total. The lowest BCUT2D eigenvalue weighted by atomic mass is 9.97. The van der Waals surface area contributed by atoms with Crippen molar-refractivity contribution in [3.8, 4) is 5.75 Å². The van der Waals surface area contributed by atoms with Crippen LogP contribution in [-0.2, 0) is 6.42 Å². The van der Waals surface area contributed by atoms with Crippen LogP contribution in [0, 0.1) is 0 Å². The van der Waals surface area contributed by atoms with Crippen LogP contribution in [-0.4, -0.2) is 16.8 Å². The van der Waals surface area contributed by atoms with Gasteiger partial charge in [-0.25, -0.2) is 0 Å². The zero-order valence-corrected chi connectivity index (χ0v) is 13.5. The van der Waals surface area contributed by atoms with Crippen LogP contribution in [0.1, 0.15) is 37.9 Å². The van der Waals surface area contributed by atoms with E-state index >= 15 is 0 Å². The summed E-state index contributed by atoms with van der Waals surface area (Å²) in [4.78, 5) is 0. The molecule has 0 amide bonds. The molecule has 0 radical (unpaired) electrons. The first-order valence-corrected chi connectivity index (χ1v) is 7.62. The molecule has 118 valence electrons. The van der Waals surface area contributed by atoms with E-state index in [1.807, 2.05) is 75.4 Å². The summed E-state index contributed by atoms with van der Waals surface area (Å²) >= 11 is 0. The topological polar surface area (TPSA) is 55.5 Å². The van der Waals surface area contributed by atoms with E-state index in [-0.39, 0.29) is 5.60 Å². The zero-order valence-electron chi connectivity index (χ0n) is 13.5. The summed E-state index contributed by atoms with van der Waals surface area (Å²) < 4.78 is 5.79. The Hall–Kier alpha value is -1.84. The molecule has 2 atom stereocenters. The predicted octanol–water partition coefficient (Wildman–Crippen LogP) is 3.47. The highest BCUT2D eigenvalue weighted by Gasteiger charge is 2.18. The second kappa shape index (κ2) is 6.95. The second-order valence-corrected chi connectivity index (χ2v) is 6.57. The van der Waals surface area contributed by atoms with Gasteiger partial charge in [0, 0.05) is 6.42 Å². The molecule has 0 unspecified atom stereocenters. The molecule has 0 heterocycles. The summed E-state index contributed by atoms with van der Waals surface area (Å²) in [5.41, 5.74) is 7.94. The Labute approximate surface area is 132 Å². The minimum Gasteiger partial charge on any atom is -0.488 e. The van der Waals surface area contributed by atoms with E-state index in [0.717, 1.165) is 16.9 Å². The Bertz CT molecular complexity index is 573. The van der Waals surface area contributed by atoms with Gasteiger partial charge in [-0.2, -0.15) is 0 Å². The van der Waals surface area contributed by atoms with Crippen LogP contribution in [0.3, 0.4) is 0 Å². The van der Waals surface area contributed by atoms with Crippen LogP contribution < -0.4 is 10.5 Å². The number of ether oxygens (including phenoxy) is 1. The van der Waals surface area contributed by atoms with E-state index in [1.165, 1.54) is 0 Å². The van der Waals surface area contributed by atoms with Gasteiger partial charge in [0.2, 0.25) is 0 Å². The summed E-state index contributed by atoms with van der Waals surface area (Å²) in [6, 6.07) is 17.1. The number of hydrogen-bond donors (Lipinski definition) is 2. The van der Waals surface area contributed by atoms with Crippen LogP contribution >= 0.6 is 0 Å². The van der Waals surface area contributed by atoms with Crippen molar-refractivity contribution in [2.24, 2.45) is 5.73 Å². The number of nitrogens with two attached hydrogens (primary N) is 1. The quantitative estimate of drug-likeness (QED) is 0.889. The van der Waals surface area contributed by atoms with E-state index in [1.54, 1.807) is 0 Å². The second-order valence-electron chi connectivity index (χ2n) is 6.57. The molecule has 0 bridgehead atoms. The lowest BCUT2D eigenvalue weighted by molar-refractivity contribution is 0.130. The van der Waals surface area contributed by atoms with Crippen molar-refractivity contribution >= 4 is 0 Å². The summed E-state index contributed by atoms with van der Waals surface area (Å²) in [6.07, 6.45) is -0.0702. The fraction of sp³-hybridized carbons (Fsp3) is 0.368. The van der Waals surface area contributed by atoms with Gasteiger partial charge in [0.05, 0.1) is 12.1 Å². The van der Waals surface area contributed by atoms with Gasteiger partial charge in [0.1, 0.15) is 11.4 Å². The van der Waals surface area contributed by atoms with Gasteiger partial charge in [-0.15, -0.1) is 0 Å². The fourth-order valence-corrected chi connectivity index (χ4v) is 2.32. The Morgan fingerprint density at radius 3 is 2.14 bits per heavy atom. The molecule has 0 saturated carbocycles. The predicted molar refractivity (Wildman–Crippen MR) is 89.9 cm³/mol. The highest BCUT2D eigenvalue weighted by molar-refractivity contribution is 5.30. The SMILES string of the molecule is CC(C)(C)Oc1ccc([C@H](N)[C@H](O)Cc2ccccc2)cc1. The first kappa shape index (κ1) is 16.5. The van der Waals surface area contributed by atoms with Gasteiger partial charge in [-0.3, -0.25) is 0 Å². The van der Waals surface area contributed by atoms with Crippen molar-refractivity contribution in [3.05, 3.63) is 65.7 Å². The van der Waals surface area contributed by atoms with Crippen LogP contribution in [0.2, 0.25) is 0 Å². The summed E-state index contributed by atoms with van der Waals surface area (Å²) in [6.45, 7) is 6.03. The molecule has 0 aliphatic carbocycles. The van der Waals surface area contributed by atoms with Gasteiger partial charge < -0.3 is 15.6 Å². The normalized spacial score (nSPS) is 14.4.